The van der Waals surface area contributed by atoms with Crippen LogP contribution in [0.15, 0.2) is 77.7 Å². The van der Waals surface area contributed by atoms with Gasteiger partial charge in [0, 0.05) is 23.7 Å². The lowest BCUT2D eigenvalue weighted by atomic mass is 9.93. The molecule has 0 aromatic heterocycles. The van der Waals surface area contributed by atoms with Crippen LogP contribution in [0, 0.1) is 11.3 Å². The zero-order valence-electron chi connectivity index (χ0n) is 21.6. The number of piperidine rings is 1. The molecule has 0 saturated carbocycles. The van der Waals surface area contributed by atoms with Crippen molar-refractivity contribution in [3.63, 3.8) is 0 Å². The first-order chi connectivity index (χ1) is 18.7. The number of carbonyl (C=O) groups excluding carboxylic acids is 1. The van der Waals surface area contributed by atoms with Gasteiger partial charge in [0.2, 0.25) is 15.9 Å². The van der Waals surface area contributed by atoms with Crippen molar-refractivity contribution in [1.29, 1.82) is 5.41 Å². The first kappa shape index (κ1) is 28.8. The summed E-state index contributed by atoms with van der Waals surface area (Å²) < 4.78 is 29.9. The number of sulfonamides is 1. The molecule has 0 spiro atoms. The van der Waals surface area contributed by atoms with E-state index in [2.05, 4.69) is 4.72 Å². The van der Waals surface area contributed by atoms with Gasteiger partial charge in [0.15, 0.2) is 0 Å². The molecule has 0 aliphatic carbocycles. The third-order valence-corrected chi connectivity index (χ3v) is 8.78. The zero-order chi connectivity index (χ0) is 28.0. The number of benzene rings is 3. The van der Waals surface area contributed by atoms with Gasteiger partial charge >= 0.3 is 0 Å². The minimum absolute atomic E-state index is 0.0527. The Morgan fingerprint density at radius 2 is 1.69 bits per heavy atom. The second-order valence-corrected chi connectivity index (χ2v) is 12.0. The van der Waals surface area contributed by atoms with Crippen LogP contribution in [0.25, 0.3) is 11.1 Å². The molecule has 0 bridgehead atoms. The van der Waals surface area contributed by atoms with Crippen molar-refractivity contribution in [2.45, 2.75) is 36.6 Å². The maximum atomic E-state index is 13.7. The fourth-order valence-electron chi connectivity index (χ4n) is 4.95. The number of rotatable bonds is 10. The SMILES string of the molecule is N=C(N)c1cccc(CC(NS(=O)(=O)c2cccc(-c3cccc(Cl)c3)c2)C(=O)N2CCC(CCN)CC2)c1. The second-order valence-electron chi connectivity index (χ2n) is 9.88. The summed E-state index contributed by atoms with van der Waals surface area (Å²) in [5.74, 6) is 0.0970. The number of amides is 1. The van der Waals surface area contributed by atoms with Crippen LogP contribution in [0.5, 0.6) is 0 Å². The van der Waals surface area contributed by atoms with Gasteiger partial charge in [-0.2, -0.15) is 4.72 Å². The van der Waals surface area contributed by atoms with E-state index < -0.39 is 16.1 Å². The van der Waals surface area contributed by atoms with Gasteiger partial charge in [0.1, 0.15) is 11.9 Å². The molecule has 1 atom stereocenters. The Labute approximate surface area is 234 Å². The molecule has 4 rings (SSSR count). The van der Waals surface area contributed by atoms with Crippen LogP contribution >= 0.6 is 11.6 Å². The van der Waals surface area contributed by atoms with Gasteiger partial charge in [-0.25, -0.2) is 8.42 Å². The smallest absolute Gasteiger partial charge is 0.241 e. The Morgan fingerprint density at radius 1 is 1.03 bits per heavy atom. The maximum absolute atomic E-state index is 13.7. The monoisotopic (exact) mass is 567 g/mol. The van der Waals surface area contributed by atoms with Gasteiger partial charge in [0.25, 0.3) is 0 Å². The minimum Gasteiger partial charge on any atom is -0.384 e. The van der Waals surface area contributed by atoms with E-state index in [4.69, 9.17) is 28.5 Å². The standard InChI is InChI=1S/C29H34ClN5O3S/c30-25-8-2-5-22(18-25)23-6-3-9-26(19-23)39(37,38)34-27(17-21-4-1-7-24(16-21)28(32)33)29(36)35-14-11-20(10-13-31)12-15-35/h1-9,16,18-20,27,34H,10-15,17,31H2,(H3,32,33). The number of nitrogen functional groups attached to an aromatic ring is 1. The molecule has 1 aliphatic rings. The molecular weight excluding hydrogens is 534 g/mol. The van der Waals surface area contributed by atoms with Crippen molar-refractivity contribution in [3.8, 4) is 11.1 Å². The number of amidine groups is 1. The summed E-state index contributed by atoms with van der Waals surface area (Å²) in [6.07, 6.45) is 2.71. The van der Waals surface area contributed by atoms with Crippen molar-refractivity contribution in [1.82, 2.24) is 9.62 Å². The zero-order valence-corrected chi connectivity index (χ0v) is 23.2. The molecule has 1 aliphatic heterocycles. The van der Waals surface area contributed by atoms with Crippen molar-refractivity contribution in [3.05, 3.63) is 88.9 Å². The highest BCUT2D eigenvalue weighted by molar-refractivity contribution is 7.89. The molecule has 1 heterocycles. The number of hydrogen-bond acceptors (Lipinski definition) is 5. The van der Waals surface area contributed by atoms with Crippen molar-refractivity contribution >= 4 is 33.4 Å². The van der Waals surface area contributed by atoms with Crippen molar-refractivity contribution in [2.24, 2.45) is 17.4 Å². The predicted molar refractivity (Wildman–Crippen MR) is 155 cm³/mol. The van der Waals surface area contributed by atoms with Crippen LogP contribution in [0.4, 0.5) is 0 Å². The lowest BCUT2D eigenvalue weighted by Gasteiger charge is -2.34. The number of halogens is 1. The molecule has 1 unspecified atom stereocenters. The van der Waals surface area contributed by atoms with E-state index in [1.54, 1.807) is 59.5 Å². The molecule has 39 heavy (non-hydrogen) atoms. The summed E-state index contributed by atoms with van der Waals surface area (Å²) in [7, 11) is -4.06. The molecule has 3 aromatic carbocycles. The Hall–Kier alpha value is -3.24. The quantitative estimate of drug-likeness (QED) is 0.218. The number of hydrogen-bond donors (Lipinski definition) is 4. The first-order valence-electron chi connectivity index (χ1n) is 13.0. The van der Waals surface area contributed by atoms with E-state index in [9.17, 15) is 13.2 Å². The lowest BCUT2D eigenvalue weighted by molar-refractivity contribution is -0.134. The summed E-state index contributed by atoms with van der Waals surface area (Å²) in [5.41, 5.74) is 14.1. The minimum atomic E-state index is -4.06. The van der Waals surface area contributed by atoms with Gasteiger partial charge in [-0.3, -0.25) is 10.2 Å². The molecular formula is C29H34ClN5O3S. The normalized spacial score (nSPS) is 15.2. The fourth-order valence-corrected chi connectivity index (χ4v) is 6.37. The summed E-state index contributed by atoms with van der Waals surface area (Å²) in [6.45, 7) is 1.72. The van der Waals surface area contributed by atoms with Crippen LogP contribution in [-0.2, 0) is 21.2 Å². The van der Waals surface area contributed by atoms with Crippen LogP contribution in [0.3, 0.4) is 0 Å². The molecule has 1 saturated heterocycles. The number of nitrogens with two attached hydrogens (primary N) is 2. The van der Waals surface area contributed by atoms with Crippen LogP contribution < -0.4 is 16.2 Å². The van der Waals surface area contributed by atoms with Crippen LogP contribution in [0.2, 0.25) is 5.02 Å². The largest absolute Gasteiger partial charge is 0.384 e. The van der Waals surface area contributed by atoms with Gasteiger partial charge in [-0.05, 0) is 85.2 Å². The van der Waals surface area contributed by atoms with Gasteiger partial charge in [-0.1, -0.05) is 54.1 Å². The van der Waals surface area contributed by atoms with E-state index in [1.165, 1.54) is 6.07 Å². The third-order valence-electron chi connectivity index (χ3n) is 7.08. The van der Waals surface area contributed by atoms with Crippen LogP contribution in [-0.4, -0.2) is 50.7 Å². The summed E-state index contributed by atoms with van der Waals surface area (Å²) in [5, 5.41) is 8.30. The third kappa shape index (κ3) is 7.45. The highest BCUT2D eigenvalue weighted by Crippen LogP contribution is 2.26. The van der Waals surface area contributed by atoms with E-state index in [1.807, 2.05) is 12.1 Å². The fraction of sp³-hybridized carbons (Fsp3) is 0.310. The number of carbonyl (C=O) groups is 1. The van der Waals surface area contributed by atoms with Gasteiger partial charge in [-0.15, -0.1) is 0 Å². The summed E-state index contributed by atoms with van der Waals surface area (Å²) >= 11 is 6.14. The highest BCUT2D eigenvalue weighted by atomic mass is 35.5. The Kier molecular flexibility index (Phi) is 9.40. The molecule has 10 heteroatoms. The molecule has 1 fully saturated rings. The molecule has 1 amide bonds. The molecule has 0 radical (unpaired) electrons. The topological polar surface area (TPSA) is 142 Å². The van der Waals surface area contributed by atoms with E-state index in [0.717, 1.165) is 24.8 Å². The van der Waals surface area contributed by atoms with E-state index >= 15 is 0 Å². The lowest BCUT2D eigenvalue weighted by Crippen LogP contribution is -2.51. The average Bonchev–Trinajstić information content (AvgIpc) is 2.93. The van der Waals surface area contributed by atoms with Crippen molar-refractivity contribution < 1.29 is 13.2 Å². The molecule has 206 valence electrons. The van der Waals surface area contributed by atoms with Crippen molar-refractivity contribution in [2.75, 3.05) is 19.6 Å². The second kappa shape index (κ2) is 12.7. The molecule has 8 nitrogen and oxygen atoms in total. The summed E-state index contributed by atoms with van der Waals surface area (Å²) in [4.78, 5) is 15.5. The Bertz CT molecular complexity index is 1440. The first-order valence-corrected chi connectivity index (χ1v) is 14.8. The van der Waals surface area contributed by atoms with Crippen LogP contribution in [0.1, 0.15) is 30.4 Å². The van der Waals surface area contributed by atoms with E-state index in [-0.39, 0.29) is 23.1 Å². The van der Waals surface area contributed by atoms with Gasteiger partial charge in [0.05, 0.1) is 4.90 Å². The molecule has 6 N–H and O–H groups in total. The highest BCUT2D eigenvalue weighted by Gasteiger charge is 2.32. The molecule has 3 aromatic rings. The maximum Gasteiger partial charge on any atom is 0.241 e. The number of nitrogens with zero attached hydrogens (tertiary/aromatic N) is 1. The summed E-state index contributed by atoms with van der Waals surface area (Å²) in [6, 6.07) is 19.7. The van der Waals surface area contributed by atoms with Gasteiger partial charge < -0.3 is 16.4 Å². The Morgan fingerprint density at radius 3 is 2.36 bits per heavy atom. The average molecular weight is 568 g/mol. The number of nitrogens with one attached hydrogen (secondary N) is 2. The number of likely N-dealkylation sites (tertiary alicyclic amines) is 1. The predicted octanol–water partition coefficient (Wildman–Crippen LogP) is 3.77. The van der Waals surface area contributed by atoms with E-state index in [0.29, 0.717) is 47.3 Å². The Balaban J connectivity index is 1.61.